The predicted molar refractivity (Wildman–Crippen MR) is 119 cm³/mol. The van der Waals surface area contributed by atoms with Crippen LogP contribution in [0, 0.1) is 0 Å². The van der Waals surface area contributed by atoms with Crippen molar-refractivity contribution in [3.8, 4) is 5.75 Å². The largest absolute Gasteiger partial charge is 0.476 e. The minimum atomic E-state index is -3.80. The summed E-state index contributed by atoms with van der Waals surface area (Å²) in [5.74, 6) is -0.336. The molecule has 2 aromatic carbocycles. The maximum absolute atomic E-state index is 12.8. The van der Waals surface area contributed by atoms with E-state index in [2.05, 4.69) is 10.6 Å². The molecule has 2 aromatic rings. The van der Waals surface area contributed by atoms with Gasteiger partial charge in [0.1, 0.15) is 10.6 Å². The van der Waals surface area contributed by atoms with E-state index in [4.69, 9.17) is 16.3 Å². The number of halogens is 1. The van der Waals surface area contributed by atoms with Crippen molar-refractivity contribution < 1.29 is 22.7 Å². The Morgan fingerprint density at radius 2 is 1.84 bits per heavy atom. The Labute approximate surface area is 186 Å². The SMILES string of the molecule is CCN(CC)S(=O)(=O)c1cc(NC(=O)c2ccc3c(c2)NC(=O)C(C)(C)O3)ccc1Cl. The molecule has 0 radical (unpaired) electrons. The van der Waals surface area contributed by atoms with Crippen molar-refractivity contribution in [2.24, 2.45) is 0 Å². The third-order valence-corrected chi connectivity index (χ3v) is 7.45. The van der Waals surface area contributed by atoms with Crippen LogP contribution in [-0.4, -0.2) is 43.2 Å². The first-order chi connectivity index (χ1) is 14.5. The van der Waals surface area contributed by atoms with Crippen molar-refractivity contribution in [3.63, 3.8) is 0 Å². The van der Waals surface area contributed by atoms with Gasteiger partial charge in [0.25, 0.3) is 11.8 Å². The smallest absolute Gasteiger partial charge is 0.268 e. The lowest BCUT2D eigenvalue weighted by Gasteiger charge is -2.31. The molecular weight excluding hydrogens is 442 g/mol. The summed E-state index contributed by atoms with van der Waals surface area (Å²) in [5.41, 5.74) is -0.0741. The van der Waals surface area contributed by atoms with E-state index in [1.54, 1.807) is 39.8 Å². The van der Waals surface area contributed by atoms with Crippen LogP contribution in [-0.2, 0) is 14.8 Å². The first kappa shape index (κ1) is 23.1. The van der Waals surface area contributed by atoms with Crippen molar-refractivity contribution >= 4 is 44.8 Å². The normalized spacial score (nSPS) is 15.1. The van der Waals surface area contributed by atoms with E-state index in [1.807, 2.05) is 0 Å². The average molecular weight is 466 g/mol. The number of hydrogen-bond acceptors (Lipinski definition) is 5. The number of fused-ring (bicyclic) bond motifs is 1. The lowest BCUT2D eigenvalue weighted by molar-refractivity contribution is -0.129. The molecule has 0 saturated heterocycles. The first-order valence-corrected chi connectivity index (χ1v) is 11.6. The van der Waals surface area contributed by atoms with Crippen molar-refractivity contribution in [2.45, 2.75) is 38.2 Å². The molecule has 0 bridgehead atoms. The molecule has 2 N–H and O–H groups in total. The molecule has 166 valence electrons. The lowest BCUT2D eigenvalue weighted by atomic mass is 10.0. The third-order valence-electron chi connectivity index (χ3n) is 4.91. The molecule has 1 aliphatic heterocycles. The highest BCUT2D eigenvalue weighted by molar-refractivity contribution is 7.89. The van der Waals surface area contributed by atoms with Crippen LogP contribution in [0.25, 0.3) is 0 Å². The van der Waals surface area contributed by atoms with Crippen LogP contribution in [0.5, 0.6) is 5.75 Å². The van der Waals surface area contributed by atoms with Crippen molar-refractivity contribution in [1.82, 2.24) is 4.31 Å². The highest BCUT2D eigenvalue weighted by Crippen LogP contribution is 2.34. The van der Waals surface area contributed by atoms with Crippen LogP contribution in [0.1, 0.15) is 38.1 Å². The van der Waals surface area contributed by atoms with E-state index in [9.17, 15) is 18.0 Å². The van der Waals surface area contributed by atoms with E-state index in [0.717, 1.165) is 0 Å². The summed E-state index contributed by atoms with van der Waals surface area (Å²) >= 11 is 6.14. The van der Waals surface area contributed by atoms with Gasteiger partial charge in [0.2, 0.25) is 10.0 Å². The number of ether oxygens (including phenoxy) is 1. The molecular formula is C21H24ClN3O5S. The average Bonchev–Trinajstić information content (AvgIpc) is 2.70. The maximum atomic E-state index is 12.8. The van der Waals surface area contributed by atoms with E-state index in [1.165, 1.54) is 28.6 Å². The van der Waals surface area contributed by atoms with Crippen molar-refractivity contribution in [3.05, 3.63) is 47.0 Å². The third kappa shape index (κ3) is 4.53. The molecule has 1 heterocycles. The molecule has 31 heavy (non-hydrogen) atoms. The second-order valence-corrected chi connectivity index (χ2v) is 9.78. The molecule has 0 aliphatic carbocycles. The monoisotopic (exact) mass is 465 g/mol. The summed E-state index contributed by atoms with van der Waals surface area (Å²) in [6, 6.07) is 8.94. The quantitative estimate of drug-likeness (QED) is 0.676. The Morgan fingerprint density at radius 1 is 1.16 bits per heavy atom. The van der Waals surface area contributed by atoms with Crippen LogP contribution in [0.15, 0.2) is 41.3 Å². The Kier molecular flexibility index (Phi) is 6.31. The fraction of sp³-hybridized carbons (Fsp3) is 0.333. The summed E-state index contributed by atoms with van der Waals surface area (Å²) < 4.78 is 32.6. The number of rotatable bonds is 6. The van der Waals surface area contributed by atoms with Crippen LogP contribution < -0.4 is 15.4 Å². The van der Waals surface area contributed by atoms with Crippen molar-refractivity contribution in [2.75, 3.05) is 23.7 Å². The van der Waals surface area contributed by atoms with Gasteiger partial charge in [0, 0.05) is 24.3 Å². The Balaban J connectivity index is 1.87. The molecule has 0 saturated carbocycles. The summed E-state index contributed by atoms with van der Waals surface area (Å²) in [4.78, 5) is 24.8. The molecule has 10 heteroatoms. The van der Waals surface area contributed by atoms with Gasteiger partial charge in [-0.05, 0) is 50.2 Å². The molecule has 0 fully saturated rings. The highest BCUT2D eigenvalue weighted by atomic mass is 35.5. The van der Waals surface area contributed by atoms with Gasteiger partial charge in [-0.3, -0.25) is 9.59 Å². The summed E-state index contributed by atoms with van der Waals surface area (Å²) in [6.07, 6.45) is 0. The van der Waals surface area contributed by atoms with Gasteiger partial charge in [-0.25, -0.2) is 8.42 Å². The zero-order chi connectivity index (χ0) is 23.0. The standard InChI is InChI=1S/C21H24ClN3O5S/c1-5-25(6-2)31(28,29)18-12-14(8-9-15(18)22)23-19(26)13-7-10-17-16(11-13)24-20(27)21(3,4)30-17/h7-12H,5-6H2,1-4H3,(H,23,26)(H,24,27). The molecule has 1 aliphatic rings. The fourth-order valence-corrected chi connectivity index (χ4v) is 5.10. The molecule has 3 rings (SSSR count). The van der Waals surface area contributed by atoms with E-state index >= 15 is 0 Å². The van der Waals surface area contributed by atoms with Gasteiger partial charge in [-0.1, -0.05) is 25.4 Å². The summed E-state index contributed by atoms with van der Waals surface area (Å²) in [6.45, 7) is 7.37. The Bertz CT molecular complexity index is 1140. The van der Waals surface area contributed by atoms with Crippen LogP contribution in [0.3, 0.4) is 0 Å². The number of hydrogen-bond donors (Lipinski definition) is 2. The summed E-state index contributed by atoms with van der Waals surface area (Å²) in [7, 11) is -3.80. The number of nitrogens with zero attached hydrogens (tertiary/aromatic N) is 1. The molecule has 0 atom stereocenters. The second kappa shape index (κ2) is 8.49. The van der Waals surface area contributed by atoms with Crippen molar-refractivity contribution in [1.29, 1.82) is 0 Å². The predicted octanol–water partition coefficient (Wildman–Crippen LogP) is 3.73. The van der Waals surface area contributed by atoms with Crippen LogP contribution >= 0.6 is 11.6 Å². The number of carbonyl (C=O) groups excluding carboxylic acids is 2. The zero-order valence-corrected chi connectivity index (χ0v) is 19.2. The minimum Gasteiger partial charge on any atom is -0.476 e. The number of sulfonamides is 1. The second-order valence-electron chi connectivity index (χ2n) is 7.47. The van der Waals surface area contributed by atoms with E-state index < -0.39 is 21.5 Å². The molecule has 0 unspecified atom stereocenters. The Hall–Kier alpha value is -2.62. The number of carbonyl (C=O) groups is 2. The molecule has 2 amide bonds. The Morgan fingerprint density at radius 3 is 2.48 bits per heavy atom. The van der Waals surface area contributed by atoms with Gasteiger partial charge in [0.05, 0.1) is 10.7 Å². The number of amides is 2. The molecule has 0 aromatic heterocycles. The van der Waals surface area contributed by atoms with Gasteiger partial charge >= 0.3 is 0 Å². The van der Waals surface area contributed by atoms with E-state index in [-0.39, 0.29) is 27.1 Å². The molecule has 8 nitrogen and oxygen atoms in total. The van der Waals surface area contributed by atoms with Gasteiger partial charge in [-0.15, -0.1) is 0 Å². The highest BCUT2D eigenvalue weighted by Gasteiger charge is 2.35. The number of anilines is 2. The fourth-order valence-electron chi connectivity index (χ4n) is 3.14. The van der Waals surface area contributed by atoms with Gasteiger partial charge in [0.15, 0.2) is 5.60 Å². The minimum absolute atomic E-state index is 0.0705. The van der Waals surface area contributed by atoms with E-state index in [0.29, 0.717) is 24.5 Å². The van der Waals surface area contributed by atoms with Gasteiger partial charge in [-0.2, -0.15) is 4.31 Å². The lowest BCUT2D eigenvalue weighted by Crippen LogP contribution is -2.45. The van der Waals surface area contributed by atoms with Crippen LogP contribution in [0.2, 0.25) is 5.02 Å². The van der Waals surface area contributed by atoms with Gasteiger partial charge < -0.3 is 15.4 Å². The molecule has 0 spiro atoms. The number of nitrogens with one attached hydrogen (secondary N) is 2. The summed E-state index contributed by atoms with van der Waals surface area (Å²) in [5, 5.41) is 5.47. The topological polar surface area (TPSA) is 105 Å². The van der Waals surface area contributed by atoms with Crippen LogP contribution in [0.4, 0.5) is 11.4 Å². The maximum Gasteiger partial charge on any atom is 0.268 e. The first-order valence-electron chi connectivity index (χ1n) is 9.75. The number of benzene rings is 2. The zero-order valence-electron chi connectivity index (χ0n) is 17.7.